The minimum absolute atomic E-state index is 0.119. The monoisotopic (exact) mass is 483 g/mol. The van der Waals surface area contributed by atoms with Gasteiger partial charge in [-0.1, -0.05) is 5.16 Å². The van der Waals surface area contributed by atoms with Gasteiger partial charge >= 0.3 is 11.9 Å². The minimum atomic E-state index is -1.34. The lowest BCUT2D eigenvalue weighted by atomic mass is 10.0. The summed E-state index contributed by atoms with van der Waals surface area (Å²) in [5.41, 5.74) is -0.0838. The number of aromatic nitrogens is 1. The second-order valence-electron chi connectivity index (χ2n) is 6.32. The molecule has 3 heterocycles. The van der Waals surface area contributed by atoms with Gasteiger partial charge < -0.3 is 25.3 Å². The van der Waals surface area contributed by atoms with Gasteiger partial charge in [0, 0.05) is 23.6 Å². The van der Waals surface area contributed by atoms with Crippen molar-refractivity contribution in [2.24, 2.45) is 5.16 Å². The quantitative estimate of drug-likeness (QED) is 0.135. The number of carbonyl (C=O) groups is 5. The lowest BCUT2D eigenvalue weighted by Crippen LogP contribution is -2.71. The third-order valence-corrected chi connectivity index (χ3v) is 6.43. The lowest BCUT2D eigenvalue weighted by Gasteiger charge is -2.49. The Hall–Kier alpha value is -3.46. The molecule has 0 unspecified atom stereocenters. The van der Waals surface area contributed by atoms with Crippen molar-refractivity contribution in [1.29, 1.82) is 0 Å². The molecule has 1 aromatic heterocycles. The average Bonchev–Trinajstić information content (AvgIpc) is 3.21. The van der Waals surface area contributed by atoms with E-state index in [0.29, 0.717) is 6.41 Å². The maximum atomic E-state index is 12.8. The average molecular weight is 483 g/mol. The van der Waals surface area contributed by atoms with E-state index < -0.39 is 35.2 Å². The molecule has 3 rings (SSSR count). The van der Waals surface area contributed by atoms with Crippen LogP contribution in [0.3, 0.4) is 0 Å². The molecule has 13 nitrogen and oxygen atoms in total. The van der Waals surface area contributed by atoms with Gasteiger partial charge in [0.15, 0.2) is 10.8 Å². The van der Waals surface area contributed by atoms with Crippen LogP contribution in [0.1, 0.15) is 12.6 Å². The van der Waals surface area contributed by atoms with Gasteiger partial charge in [-0.3, -0.25) is 24.1 Å². The Morgan fingerprint density at radius 2 is 2.19 bits per heavy atom. The van der Waals surface area contributed by atoms with Crippen LogP contribution in [0, 0.1) is 0 Å². The van der Waals surface area contributed by atoms with Gasteiger partial charge in [0.1, 0.15) is 36.5 Å². The molecule has 3 amide bonds. The molecule has 2 aliphatic heterocycles. The molecule has 0 spiro atoms. The highest BCUT2D eigenvalue weighted by Gasteiger charge is 2.54. The van der Waals surface area contributed by atoms with E-state index in [9.17, 15) is 29.1 Å². The van der Waals surface area contributed by atoms with Gasteiger partial charge in [-0.25, -0.2) is 9.78 Å². The second kappa shape index (κ2) is 9.78. The van der Waals surface area contributed by atoms with E-state index in [1.807, 2.05) is 0 Å². The Balaban J connectivity index is 1.76. The summed E-state index contributed by atoms with van der Waals surface area (Å²) < 4.78 is 4.88. The van der Waals surface area contributed by atoms with Crippen LogP contribution in [0.15, 0.2) is 21.8 Å². The van der Waals surface area contributed by atoms with E-state index in [2.05, 4.69) is 20.8 Å². The number of ether oxygens (including phenoxy) is 1. The molecule has 3 N–H and O–H groups in total. The van der Waals surface area contributed by atoms with Gasteiger partial charge in [-0.05, 0) is 0 Å². The van der Waals surface area contributed by atoms with Crippen LogP contribution in [-0.4, -0.2) is 81.8 Å². The minimum Gasteiger partial charge on any atom is -0.477 e. The van der Waals surface area contributed by atoms with Crippen LogP contribution in [-0.2, 0) is 33.5 Å². The fourth-order valence-electron chi connectivity index (χ4n) is 2.99. The number of nitrogens with one attached hydrogen (secondary N) is 2. The van der Waals surface area contributed by atoms with Crippen LogP contribution >= 0.6 is 23.1 Å². The first-order valence-corrected chi connectivity index (χ1v) is 10.8. The molecule has 2 aliphatic rings. The Morgan fingerprint density at radius 3 is 2.81 bits per heavy atom. The molecule has 32 heavy (non-hydrogen) atoms. The van der Waals surface area contributed by atoms with Crippen LogP contribution in [0.5, 0.6) is 0 Å². The smallest absolute Gasteiger partial charge is 0.352 e. The van der Waals surface area contributed by atoms with E-state index in [1.54, 1.807) is 0 Å². The van der Waals surface area contributed by atoms with E-state index in [-0.39, 0.29) is 40.2 Å². The molecule has 0 aliphatic carbocycles. The van der Waals surface area contributed by atoms with Crippen molar-refractivity contribution >= 4 is 64.1 Å². The summed E-state index contributed by atoms with van der Waals surface area (Å²) in [6, 6.07) is -1.01. The number of carbonyl (C=O) groups excluding carboxylic acids is 4. The molecular weight excluding hydrogens is 466 g/mol. The predicted octanol–water partition coefficient (Wildman–Crippen LogP) is -0.636. The highest BCUT2D eigenvalue weighted by molar-refractivity contribution is 8.00. The molecule has 1 fully saturated rings. The first-order valence-electron chi connectivity index (χ1n) is 8.90. The largest absolute Gasteiger partial charge is 0.477 e. The van der Waals surface area contributed by atoms with Crippen molar-refractivity contribution in [3.05, 3.63) is 22.3 Å². The number of hydrogen-bond donors (Lipinski definition) is 3. The number of aliphatic carboxylic acids is 1. The van der Waals surface area contributed by atoms with Gasteiger partial charge in [0.05, 0.1) is 0 Å². The number of β-lactam (4-membered cyclic amide) rings is 1. The molecule has 170 valence electrons. The number of thiazole rings is 1. The van der Waals surface area contributed by atoms with E-state index in [1.165, 1.54) is 31.2 Å². The molecule has 0 bridgehead atoms. The van der Waals surface area contributed by atoms with Crippen molar-refractivity contribution in [2.45, 2.75) is 18.3 Å². The molecule has 15 heteroatoms. The first kappa shape index (κ1) is 23.2. The van der Waals surface area contributed by atoms with Crippen LogP contribution in [0.2, 0.25) is 0 Å². The number of carboxylic acids is 1. The Kier molecular flexibility index (Phi) is 7.09. The van der Waals surface area contributed by atoms with Crippen LogP contribution in [0.25, 0.3) is 0 Å². The molecule has 0 radical (unpaired) electrons. The Bertz CT molecular complexity index is 1040. The maximum Gasteiger partial charge on any atom is 0.352 e. The molecule has 2 atom stereocenters. The Labute approximate surface area is 188 Å². The number of esters is 1. The van der Waals surface area contributed by atoms with Crippen molar-refractivity contribution < 1.29 is 38.7 Å². The molecule has 1 aromatic rings. The standard InChI is InChI=1S/C17H17N5O8S2/c1-7(24)30-3-8-4-31-15-11(14(26)22(15)12(8)16(27)28)20-13(25)10(21-29-2)9-5-32-17(19-9)18-6-23/h5-6,11,15H,3-4H2,1-2H3,(H,20,25)(H,27,28)(H,18,19,23)/b21-10-/t11-,15-/m1/s1. The number of fused-ring (bicyclic) bond motifs is 1. The van der Waals surface area contributed by atoms with Crippen molar-refractivity contribution in [3.63, 3.8) is 0 Å². The van der Waals surface area contributed by atoms with Crippen molar-refractivity contribution in [3.8, 4) is 0 Å². The highest BCUT2D eigenvalue weighted by atomic mass is 32.2. The SMILES string of the molecule is CO/N=C(\C(=O)N[C@@H]1C(=O)N2C(C(=O)O)=C(COC(C)=O)CS[C@H]12)c1csc(NC=O)n1. The van der Waals surface area contributed by atoms with Crippen molar-refractivity contribution in [1.82, 2.24) is 15.2 Å². The number of nitrogens with zero attached hydrogens (tertiary/aromatic N) is 3. The van der Waals surface area contributed by atoms with Gasteiger partial charge in [-0.2, -0.15) is 0 Å². The molecule has 1 saturated heterocycles. The fraction of sp³-hybridized carbons (Fsp3) is 0.353. The summed E-state index contributed by atoms with van der Waals surface area (Å²) in [4.78, 5) is 68.6. The Morgan fingerprint density at radius 1 is 1.44 bits per heavy atom. The fourth-order valence-corrected chi connectivity index (χ4v) is 4.97. The molecular formula is C17H17N5O8S2. The zero-order valence-electron chi connectivity index (χ0n) is 16.7. The highest BCUT2D eigenvalue weighted by Crippen LogP contribution is 2.40. The number of hydrogen-bond acceptors (Lipinski definition) is 11. The van der Waals surface area contributed by atoms with Crippen LogP contribution in [0.4, 0.5) is 5.13 Å². The van der Waals surface area contributed by atoms with Gasteiger partial charge in [0.2, 0.25) is 6.41 Å². The van der Waals surface area contributed by atoms with E-state index in [4.69, 9.17) is 9.57 Å². The zero-order chi connectivity index (χ0) is 23.4. The lowest BCUT2D eigenvalue weighted by molar-refractivity contribution is -0.150. The third kappa shape index (κ3) is 4.57. The molecule has 0 saturated carbocycles. The number of amides is 3. The third-order valence-electron chi connectivity index (χ3n) is 4.31. The second-order valence-corrected chi connectivity index (χ2v) is 8.28. The number of thioether (sulfide) groups is 1. The normalized spacial score (nSPS) is 20.1. The first-order chi connectivity index (χ1) is 15.3. The maximum absolute atomic E-state index is 12.8. The summed E-state index contributed by atoms with van der Waals surface area (Å²) in [5, 5.41) is 19.1. The topological polar surface area (TPSA) is 177 Å². The predicted molar refractivity (Wildman–Crippen MR) is 112 cm³/mol. The van der Waals surface area contributed by atoms with E-state index in [0.717, 1.165) is 16.2 Å². The number of oxime groups is 1. The zero-order valence-corrected chi connectivity index (χ0v) is 18.3. The summed E-state index contributed by atoms with van der Waals surface area (Å²) in [5.74, 6) is -3.11. The van der Waals surface area contributed by atoms with Gasteiger partial charge in [0.25, 0.3) is 11.8 Å². The van der Waals surface area contributed by atoms with Gasteiger partial charge in [-0.15, -0.1) is 23.1 Å². The summed E-state index contributed by atoms with van der Waals surface area (Å²) in [6.45, 7) is 0.947. The number of anilines is 1. The van der Waals surface area contributed by atoms with Crippen LogP contribution < -0.4 is 10.6 Å². The number of carboxylic acid groups (broad SMARTS) is 1. The molecule has 0 aromatic carbocycles. The van der Waals surface area contributed by atoms with Crippen molar-refractivity contribution in [2.75, 3.05) is 24.8 Å². The number of rotatable bonds is 9. The summed E-state index contributed by atoms with van der Waals surface area (Å²) >= 11 is 2.28. The summed E-state index contributed by atoms with van der Waals surface area (Å²) in [7, 11) is 1.23. The summed E-state index contributed by atoms with van der Waals surface area (Å²) in [6.07, 6.45) is 0.432. The van der Waals surface area contributed by atoms with E-state index >= 15 is 0 Å².